The Morgan fingerprint density at radius 2 is 1.97 bits per heavy atom. The summed E-state index contributed by atoms with van der Waals surface area (Å²) in [4.78, 5) is 23.3. The number of nitrogens with zero attached hydrogens (tertiary/aromatic N) is 3. The van der Waals surface area contributed by atoms with E-state index in [1.165, 1.54) is 6.42 Å². The predicted molar refractivity (Wildman–Crippen MR) is 109 cm³/mol. The highest BCUT2D eigenvalue weighted by molar-refractivity contribution is 5.74. The van der Waals surface area contributed by atoms with Crippen LogP contribution in [0.15, 0.2) is 30.3 Å². The van der Waals surface area contributed by atoms with Crippen LogP contribution >= 0.6 is 0 Å². The molecule has 0 fully saturated rings. The molecule has 0 saturated heterocycles. The molecule has 1 unspecified atom stereocenters. The summed E-state index contributed by atoms with van der Waals surface area (Å²) in [5, 5.41) is 23.3. The van der Waals surface area contributed by atoms with Gasteiger partial charge < -0.3 is 20.3 Å². The van der Waals surface area contributed by atoms with Gasteiger partial charge in [0.05, 0.1) is 0 Å². The maximum atomic E-state index is 12.3. The van der Waals surface area contributed by atoms with Gasteiger partial charge in [0.15, 0.2) is 0 Å². The Balaban J connectivity index is 1.49. The van der Waals surface area contributed by atoms with Crippen LogP contribution in [0.25, 0.3) is 0 Å². The topological polar surface area (TPSA) is 109 Å². The number of aryl methyl sites for hydroxylation is 1. The molecule has 8 nitrogen and oxygen atoms in total. The number of amides is 2. The Bertz CT molecular complexity index is 806. The minimum Gasteiger partial charge on any atom is -0.481 e. The van der Waals surface area contributed by atoms with Gasteiger partial charge in [0.2, 0.25) is 0 Å². The first-order valence-corrected chi connectivity index (χ1v) is 10.3. The molecule has 1 aliphatic heterocycles. The molecule has 0 spiro atoms. The minimum atomic E-state index is -0.863. The lowest BCUT2D eigenvalue weighted by atomic mass is 10.0. The third-order valence-corrected chi connectivity index (χ3v) is 5.19. The lowest BCUT2D eigenvalue weighted by Gasteiger charge is -2.19. The molecular weight excluding hydrogens is 370 g/mol. The highest BCUT2D eigenvalue weighted by Crippen LogP contribution is 2.14. The number of aliphatic carboxylic acids is 1. The molecule has 0 aliphatic carbocycles. The van der Waals surface area contributed by atoms with Crippen molar-refractivity contribution in [1.29, 1.82) is 0 Å². The standard InChI is InChI=1S/C21H29N5O3/c27-20(28)11-10-17(15-16-7-3-1-4-8-16)23-21(29)22-13-12-19-25-24-18-9-5-2-6-14-26(18)19/h1,3-4,7-8,17H,2,5-6,9-15H2,(H,27,28)(H2,22,23,29). The van der Waals surface area contributed by atoms with Crippen LogP contribution in [0.1, 0.15) is 49.3 Å². The normalized spacial score (nSPS) is 14.5. The zero-order chi connectivity index (χ0) is 20.5. The first-order valence-electron chi connectivity index (χ1n) is 10.3. The number of hydrogen-bond acceptors (Lipinski definition) is 4. The van der Waals surface area contributed by atoms with Crippen molar-refractivity contribution in [2.45, 2.75) is 64.0 Å². The number of benzene rings is 1. The number of urea groups is 1. The molecule has 2 heterocycles. The van der Waals surface area contributed by atoms with Crippen molar-refractivity contribution in [3.05, 3.63) is 47.5 Å². The van der Waals surface area contributed by atoms with Crippen LogP contribution in [0.2, 0.25) is 0 Å². The van der Waals surface area contributed by atoms with Gasteiger partial charge in [-0.3, -0.25) is 4.79 Å². The van der Waals surface area contributed by atoms with E-state index in [-0.39, 0.29) is 18.5 Å². The number of nitrogens with one attached hydrogen (secondary N) is 2. The smallest absolute Gasteiger partial charge is 0.315 e. The fraction of sp³-hybridized carbons (Fsp3) is 0.524. The van der Waals surface area contributed by atoms with Gasteiger partial charge in [-0.05, 0) is 31.2 Å². The number of carbonyl (C=O) groups is 2. The van der Waals surface area contributed by atoms with Crippen LogP contribution in [0.4, 0.5) is 4.79 Å². The molecule has 8 heteroatoms. The van der Waals surface area contributed by atoms with Crippen LogP contribution in [0, 0.1) is 0 Å². The summed E-state index contributed by atoms with van der Waals surface area (Å²) >= 11 is 0. The fourth-order valence-electron chi connectivity index (χ4n) is 3.68. The van der Waals surface area contributed by atoms with Crippen LogP contribution in [0.5, 0.6) is 0 Å². The number of aromatic nitrogens is 3. The van der Waals surface area contributed by atoms with Gasteiger partial charge in [-0.25, -0.2) is 4.79 Å². The Hall–Kier alpha value is -2.90. The van der Waals surface area contributed by atoms with Crippen molar-refractivity contribution >= 4 is 12.0 Å². The molecule has 0 radical (unpaired) electrons. The van der Waals surface area contributed by atoms with Crippen LogP contribution in [0.3, 0.4) is 0 Å². The number of fused-ring (bicyclic) bond motifs is 1. The van der Waals surface area contributed by atoms with Crippen molar-refractivity contribution < 1.29 is 14.7 Å². The average Bonchev–Trinajstić information content (AvgIpc) is 2.93. The molecular formula is C21H29N5O3. The highest BCUT2D eigenvalue weighted by Gasteiger charge is 2.16. The zero-order valence-electron chi connectivity index (χ0n) is 16.6. The Morgan fingerprint density at radius 3 is 2.76 bits per heavy atom. The zero-order valence-corrected chi connectivity index (χ0v) is 16.6. The predicted octanol–water partition coefficient (Wildman–Crippen LogP) is 2.32. The maximum absolute atomic E-state index is 12.3. The first kappa shape index (κ1) is 20.8. The Kier molecular flexibility index (Phi) is 7.61. The van der Waals surface area contributed by atoms with E-state index in [1.54, 1.807) is 0 Å². The summed E-state index contributed by atoms with van der Waals surface area (Å²) in [6.45, 7) is 1.40. The van der Waals surface area contributed by atoms with Gasteiger partial charge in [-0.2, -0.15) is 0 Å². The first-order chi connectivity index (χ1) is 14.1. The molecule has 3 rings (SSSR count). The largest absolute Gasteiger partial charge is 0.481 e. The van der Waals surface area contributed by atoms with Crippen molar-refractivity contribution in [2.24, 2.45) is 0 Å². The van der Waals surface area contributed by atoms with Crippen LogP contribution in [-0.2, 0) is 30.6 Å². The third-order valence-electron chi connectivity index (χ3n) is 5.19. The molecule has 2 amide bonds. The van der Waals surface area contributed by atoms with E-state index in [1.807, 2.05) is 30.3 Å². The van der Waals surface area contributed by atoms with Gasteiger partial charge in [0.1, 0.15) is 11.6 Å². The molecule has 1 aromatic heterocycles. The molecule has 0 bridgehead atoms. The van der Waals surface area contributed by atoms with E-state index >= 15 is 0 Å². The number of carboxylic acid groups (broad SMARTS) is 1. The second-order valence-corrected chi connectivity index (χ2v) is 7.46. The van der Waals surface area contributed by atoms with E-state index in [2.05, 4.69) is 25.4 Å². The second kappa shape index (κ2) is 10.6. The van der Waals surface area contributed by atoms with E-state index in [0.717, 1.165) is 43.0 Å². The lowest BCUT2D eigenvalue weighted by Crippen LogP contribution is -2.44. The maximum Gasteiger partial charge on any atom is 0.315 e. The van der Waals surface area contributed by atoms with Gasteiger partial charge in [-0.15, -0.1) is 10.2 Å². The van der Waals surface area contributed by atoms with E-state index < -0.39 is 5.97 Å². The summed E-state index contributed by atoms with van der Waals surface area (Å²) in [6, 6.07) is 9.23. The van der Waals surface area contributed by atoms with Crippen molar-refractivity contribution in [3.8, 4) is 0 Å². The molecule has 156 valence electrons. The number of hydrogen-bond donors (Lipinski definition) is 3. The molecule has 3 N–H and O–H groups in total. The number of carbonyl (C=O) groups excluding carboxylic acids is 1. The second-order valence-electron chi connectivity index (χ2n) is 7.46. The fourth-order valence-corrected chi connectivity index (χ4v) is 3.68. The van der Waals surface area contributed by atoms with Gasteiger partial charge in [0.25, 0.3) is 0 Å². The summed E-state index contributed by atoms with van der Waals surface area (Å²) in [7, 11) is 0. The van der Waals surface area contributed by atoms with Crippen molar-refractivity contribution in [1.82, 2.24) is 25.4 Å². The third kappa shape index (κ3) is 6.58. The minimum absolute atomic E-state index is 0.0175. The van der Waals surface area contributed by atoms with E-state index in [4.69, 9.17) is 5.11 Å². The monoisotopic (exact) mass is 399 g/mol. The van der Waals surface area contributed by atoms with Crippen molar-refractivity contribution in [2.75, 3.05) is 6.54 Å². The molecule has 1 aromatic carbocycles. The summed E-state index contributed by atoms with van der Waals surface area (Å²) < 4.78 is 2.18. The average molecular weight is 399 g/mol. The van der Waals surface area contributed by atoms with Crippen molar-refractivity contribution in [3.63, 3.8) is 0 Å². The summed E-state index contributed by atoms with van der Waals surface area (Å²) in [6.07, 6.45) is 6.08. The quantitative estimate of drug-likeness (QED) is 0.600. The lowest BCUT2D eigenvalue weighted by molar-refractivity contribution is -0.137. The van der Waals surface area contributed by atoms with Crippen LogP contribution < -0.4 is 10.6 Å². The summed E-state index contributed by atoms with van der Waals surface area (Å²) in [5.74, 6) is 1.09. The van der Waals surface area contributed by atoms with E-state index in [9.17, 15) is 9.59 Å². The Labute approximate surface area is 170 Å². The molecule has 2 aromatic rings. The Morgan fingerprint density at radius 1 is 1.14 bits per heavy atom. The number of rotatable bonds is 9. The van der Waals surface area contributed by atoms with Crippen LogP contribution in [-0.4, -0.2) is 44.5 Å². The molecule has 29 heavy (non-hydrogen) atoms. The van der Waals surface area contributed by atoms with Gasteiger partial charge >= 0.3 is 12.0 Å². The van der Waals surface area contributed by atoms with E-state index in [0.29, 0.717) is 25.8 Å². The molecule has 1 aliphatic rings. The van der Waals surface area contributed by atoms with Gasteiger partial charge in [0, 0.05) is 38.4 Å². The summed E-state index contributed by atoms with van der Waals surface area (Å²) in [5.41, 5.74) is 1.06. The van der Waals surface area contributed by atoms with Gasteiger partial charge in [-0.1, -0.05) is 36.8 Å². The molecule has 0 saturated carbocycles. The SMILES string of the molecule is O=C(O)CCC(Cc1ccccc1)NC(=O)NCCc1nnc2n1CCCCC2. The molecule has 1 atom stereocenters. The highest BCUT2D eigenvalue weighted by atomic mass is 16.4. The number of carboxylic acids is 1.